The van der Waals surface area contributed by atoms with Gasteiger partial charge in [-0.1, -0.05) is 109 Å². The summed E-state index contributed by atoms with van der Waals surface area (Å²) in [6.45, 7) is 36.9. The molecular weight excluding hydrogens is 564 g/mol. The summed E-state index contributed by atoms with van der Waals surface area (Å²) in [5, 5.41) is 9.66. The number of hydrogen-bond donors (Lipinski definition) is 1. The maximum absolute atomic E-state index is 13.8. The number of carboxylic acid groups (broad SMARTS) is 1. The van der Waals surface area contributed by atoms with Crippen molar-refractivity contribution in [2.45, 2.75) is 161 Å². The predicted octanol–water partition coefficient (Wildman–Crippen LogP) is 9.88. The third kappa shape index (κ3) is 14.5. The molecule has 0 heterocycles. The minimum Gasteiger partial charge on any atom is -0.481 e. The van der Waals surface area contributed by atoms with E-state index in [1.807, 2.05) is 20.8 Å². The van der Waals surface area contributed by atoms with Gasteiger partial charge in [-0.25, -0.2) is 0 Å². The minimum atomic E-state index is -1.48. The number of ether oxygens (including phenoxy) is 1. The molecule has 0 amide bonds. The second kappa shape index (κ2) is 14.4. The highest BCUT2D eigenvalue weighted by Gasteiger charge is 2.49. The SMILES string of the molecule is C=C(C)C(CC(C)(C)CC(C)(C)CC(C)(C)C)C1CC(=O)C(OC(=O)C(CC(=O)O)CC(C)(C)CC(C)(C)CC(C)(C)C)C1=O. The zero-order valence-corrected chi connectivity index (χ0v) is 31.7. The van der Waals surface area contributed by atoms with Gasteiger partial charge in [-0.05, 0) is 83.9 Å². The third-order valence-corrected chi connectivity index (χ3v) is 8.95. The van der Waals surface area contributed by atoms with E-state index in [4.69, 9.17) is 4.74 Å². The van der Waals surface area contributed by atoms with Crippen LogP contribution in [0.1, 0.15) is 155 Å². The van der Waals surface area contributed by atoms with E-state index in [9.17, 15) is 24.3 Å². The molecule has 1 N–H and O–H groups in total. The first-order chi connectivity index (χ1) is 19.8. The molecule has 4 unspecified atom stereocenters. The van der Waals surface area contributed by atoms with Crippen LogP contribution in [0.25, 0.3) is 0 Å². The zero-order chi connectivity index (χ0) is 35.6. The predicted molar refractivity (Wildman–Crippen MR) is 184 cm³/mol. The largest absolute Gasteiger partial charge is 0.481 e. The number of Topliss-reactive ketones (excluding diaryl/α,β-unsaturated/α-hetero) is 2. The molecule has 45 heavy (non-hydrogen) atoms. The Hall–Kier alpha value is -1.98. The van der Waals surface area contributed by atoms with Crippen molar-refractivity contribution in [3.8, 4) is 0 Å². The van der Waals surface area contributed by atoms with Gasteiger partial charge in [-0.3, -0.25) is 19.2 Å². The molecule has 1 rings (SSSR count). The molecule has 6 heteroatoms. The molecular formula is C39H68O6. The van der Waals surface area contributed by atoms with Crippen molar-refractivity contribution in [3.63, 3.8) is 0 Å². The molecule has 1 aliphatic rings. The van der Waals surface area contributed by atoms with Gasteiger partial charge in [0.25, 0.3) is 0 Å². The number of allylic oxidation sites excluding steroid dienone is 1. The summed E-state index contributed by atoms with van der Waals surface area (Å²) in [4.78, 5) is 52.3. The fourth-order valence-electron chi connectivity index (χ4n) is 9.56. The van der Waals surface area contributed by atoms with Crippen LogP contribution in [0.15, 0.2) is 12.2 Å². The summed E-state index contributed by atoms with van der Waals surface area (Å²) in [6, 6.07) is 0. The first kappa shape index (κ1) is 41.0. The first-order valence-corrected chi connectivity index (χ1v) is 17.0. The molecule has 0 bridgehead atoms. The summed E-state index contributed by atoms with van der Waals surface area (Å²) < 4.78 is 5.65. The fourth-order valence-corrected chi connectivity index (χ4v) is 9.56. The number of rotatable bonds is 16. The van der Waals surface area contributed by atoms with Gasteiger partial charge in [0.05, 0.1) is 12.3 Å². The van der Waals surface area contributed by atoms with Crippen molar-refractivity contribution in [1.29, 1.82) is 0 Å². The van der Waals surface area contributed by atoms with Crippen LogP contribution in [0.4, 0.5) is 0 Å². The van der Waals surface area contributed by atoms with Crippen LogP contribution in [0.3, 0.4) is 0 Å². The number of aliphatic carboxylic acids is 1. The fraction of sp³-hybridized carbons (Fsp3) is 0.846. The lowest BCUT2D eigenvalue weighted by Gasteiger charge is -2.41. The quantitative estimate of drug-likeness (QED) is 0.103. The molecule has 0 aromatic carbocycles. The molecule has 6 nitrogen and oxygen atoms in total. The zero-order valence-electron chi connectivity index (χ0n) is 31.7. The molecule has 260 valence electrons. The van der Waals surface area contributed by atoms with Crippen LogP contribution in [0, 0.1) is 50.2 Å². The van der Waals surface area contributed by atoms with E-state index in [0.717, 1.165) is 31.3 Å². The summed E-state index contributed by atoms with van der Waals surface area (Å²) in [5.74, 6) is -4.45. The van der Waals surface area contributed by atoms with E-state index in [1.165, 1.54) is 0 Å². The van der Waals surface area contributed by atoms with E-state index in [1.54, 1.807) is 0 Å². The molecule has 0 radical (unpaired) electrons. The summed E-state index contributed by atoms with van der Waals surface area (Å²) in [5.41, 5.74) is 0.735. The number of esters is 1. The van der Waals surface area contributed by atoms with E-state index in [2.05, 4.69) is 89.7 Å². The normalized spacial score (nSPS) is 20.2. The topological polar surface area (TPSA) is 97.7 Å². The van der Waals surface area contributed by atoms with Gasteiger partial charge in [0.1, 0.15) is 0 Å². The molecule has 0 saturated heterocycles. The average molecular weight is 633 g/mol. The van der Waals surface area contributed by atoms with Crippen molar-refractivity contribution < 1.29 is 29.0 Å². The maximum atomic E-state index is 13.8. The van der Waals surface area contributed by atoms with Crippen molar-refractivity contribution in [2.24, 2.45) is 50.2 Å². The smallest absolute Gasteiger partial charge is 0.310 e. The van der Waals surface area contributed by atoms with E-state index < -0.39 is 42.1 Å². The maximum Gasteiger partial charge on any atom is 0.310 e. The Balaban J connectivity index is 3.14. The van der Waals surface area contributed by atoms with Gasteiger partial charge in [-0.2, -0.15) is 0 Å². The molecule has 0 aliphatic heterocycles. The molecule has 1 fully saturated rings. The first-order valence-electron chi connectivity index (χ1n) is 17.0. The Kier molecular flexibility index (Phi) is 13.2. The Bertz CT molecular complexity index is 1090. The number of ketones is 2. The minimum absolute atomic E-state index is 0.00581. The number of hydrogen-bond acceptors (Lipinski definition) is 5. The van der Waals surface area contributed by atoms with Gasteiger partial charge in [0.15, 0.2) is 11.6 Å². The van der Waals surface area contributed by atoms with Crippen molar-refractivity contribution in [3.05, 3.63) is 12.2 Å². The van der Waals surface area contributed by atoms with Crippen molar-refractivity contribution in [2.75, 3.05) is 0 Å². The van der Waals surface area contributed by atoms with Gasteiger partial charge in [0, 0.05) is 12.3 Å². The monoisotopic (exact) mass is 633 g/mol. The molecule has 0 aromatic heterocycles. The van der Waals surface area contributed by atoms with Crippen LogP contribution in [-0.2, 0) is 23.9 Å². The molecule has 0 aromatic rings. The highest BCUT2D eigenvalue weighted by atomic mass is 16.6. The van der Waals surface area contributed by atoms with Crippen LogP contribution in [0.5, 0.6) is 0 Å². The number of carboxylic acids is 1. The van der Waals surface area contributed by atoms with E-state index in [0.29, 0.717) is 6.42 Å². The number of carbonyl (C=O) groups is 4. The average Bonchev–Trinajstić information content (AvgIpc) is 2.99. The second-order valence-corrected chi connectivity index (χ2v) is 20.1. The van der Waals surface area contributed by atoms with Crippen LogP contribution in [-0.4, -0.2) is 34.7 Å². The van der Waals surface area contributed by atoms with Gasteiger partial charge in [-0.15, -0.1) is 0 Å². The molecule has 1 aliphatic carbocycles. The summed E-state index contributed by atoms with van der Waals surface area (Å²) in [7, 11) is 0. The van der Waals surface area contributed by atoms with Gasteiger partial charge < -0.3 is 9.84 Å². The molecule has 1 saturated carbocycles. The Morgan fingerprint density at radius 1 is 0.756 bits per heavy atom. The Morgan fingerprint density at radius 2 is 1.18 bits per heavy atom. The highest BCUT2D eigenvalue weighted by Crippen LogP contribution is 2.48. The number of carbonyl (C=O) groups excluding carboxylic acids is 3. The lowest BCUT2D eigenvalue weighted by molar-refractivity contribution is -0.164. The lowest BCUT2D eigenvalue weighted by Crippen LogP contribution is -2.37. The van der Waals surface area contributed by atoms with Crippen molar-refractivity contribution >= 4 is 23.5 Å². The van der Waals surface area contributed by atoms with Crippen molar-refractivity contribution in [1.82, 2.24) is 0 Å². The highest BCUT2D eigenvalue weighted by molar-refractivity contribution is 6.14. The van der Waals surface area contributed by atoms with Gasteiger partial charge >= 0.3 is 11.9 Å². The Morgan fingerprint density at radius 3 is 1.56 bits per heavy atom. The third-order valence-electron chi connectivity index (χ3n) is 8.95. The van der Waals surface area contributed by atoms with Crippen LogP contribution >= 0.6 is 0 Å². The molecule has 0 spiro atoms. The summed E-state index contributed by atoms with van der Waals surface area (Å²) in [6.07, 6.45) is 2.86. The van der Waals surface area contributed by atoms with Gasteiger partial charge in [0.2, 0.25) is 6.10 Å². The lowest BCUT2D eigenvalue weighted by atomic mass is 9.64. The second-order valence-electron chi connectivity index (χ2n) is 20.1. The summed E-state index contributed by atoms with van der Waals surface area (Å²) >= 11 is 0. The standard InChI is InChI=1S/C39H68O6/c1-25(2)28(20-37(11,12)24-39(15,16)22-35(6,7)8)27-18-29(40)32(31(27)43)45-33(44)26(17-30(41)42)19-36(9,10)23-38(13,14)21-34(3,4)5/h26-28,32H,1,17-24H2,2-16H3,(H,41,42). The van der Waals surface area contributed by atoms with E-state index >= 15 is 0 Å². The van der Waals surface area contributed by atoms with Crippen LogP contribution < -0.4 is 0 Å². The van der Waals surface area contributed by atoms with E-state index in [-0.39, 0.29) is 57.0 Å². The Labute approximate surface area is 275 Å². The molecule has 4 atom stereocenters. The van der Waals surface area contributed by atoms with Crippen LogP contribution in [0.2, 0.25) is 0 Å².